The number of aromatic nitrogens is 3. The van der Waals surface area contributed by atoms with Gasteiger partial charge in [-0.05, 0) is 61.9 Å². The molecule has 0 spiro atoms. The van der Waals surface area contributed by atoms with Gasteiger partial charge in [0.2, 0.25) is 11.8 Å². The molecule has 0 radical (unpaired) electrons. The number of halogens is 1. The number of amides is 2. The summed E-state index contributed by atoms with van der Waals surface area (Å²) in [5, 5.41) is 9.98. The van der Waals surface area contributed by atoms with E-state index in [1.165, 1.54) is 18.7 Å². The van der Waals surface area contributed by atoms with Crippen LogP contribution < -0.4 is 31.9 Å². The third-order valence-corrected chi connectivity index (χ3v) is 9.79. The van der Waals surface area contributed by atoms with Gasteiger partial charge in [-0.3, -0.25) is 19.0 Å². The molecule has 1 aliphatic heterocycles. The molecule has 0 unspecified atom stereocenters. The Morgan fingerprint density at radius 3 is 2.47 bits per heavy atom. The molecule has 1 saturated heterocycles. The normalized spacial score (nSPS) is 17.0. The van der Waals surface area contributed by atoms with Crippen LogP contribution in [-0.2, 0) is 25.3 Å². The van der Waals surface area contributed by atoms with Gasteiger partial charge >= 0.3 is 5.69 Å². The molecule has 2 aromatic carbocycles. The highest BCUT2D eigenvalue weighted by molar-refractivity contribution is 6.36. The van der Waals surface area contributed by atoms with Crippen LogP contribution in [0.25, 0.3) is 22.4 Å². The fourth-order valence-corrected chi connectivity index (χ4v) is 6.94. The first-order valence-corrected chi connectivity index (χ1v) is 15.9. The van der Waals surface area contributed by atoms with E-state index in [0.29, 0.717) is 35.2 Å². The SMILES string of the molecule is COc1nc(-c2cccc(-c3cccc(NC(=O)c4c(C)n(C)c(=O)n(C)c4=O)c3C)c2Cl)cc2c1[C@@H](NC[C@@H]1CCC(=O)N1)CC2. The lowest BCUT2D eigenvalue weighted by Crippen LogP contribution is -2.42. The molecule has 1 fully saturated rings. The van der Waals surface area contributed by atoms with Gasteiger partial charge in [0.1, 0.15) is 5.56 Å². The first kappa shape index (κ1) is 32.2. The van der Waals surface area contributed by atoms with E-state index >= 15 is 0 Å². The van der Waals surface area contributed by atoms with E-state index in [9.17, 15) is 19.2 Å². The fourth-order valence-electron chi connectivity index (χ4n) is 6.61. The summed E-state index contributed by atoms with van der Waals surface area (Å²) in [6.45, 7) is 4.14. The molecule has 0 saturated carbocycles. The zero-order valence-corrected chi connectivity index (χ0v) is 27.7. The zero-order chi connectivity index (χ0) is 33.6. The molecule has 47 heavy (non-hydrogen) atoms. The van der Waals surface area contributed by atoms with Crippen molar-refractivity contribution < 1.29 is 14.3 Å². The summed E-state index contributed by atoms with van der Waals surface area (Å²) in [5.41, 5.74) is 5.46. The van der Waals surface area contributed by atoms with Crippen LogP contribution in [-0.4, -0.2) is 45.6 Å². The Hall–Kier alpha value is -4.74. The number of hydrogen-bond donors (Lipinski definition) is 3. The molecule has 4 aromatic rings. The number of nitrogens with one attached hydrogen (secondary N) is 3. The molecule has 6 rings (SSSR count). The molecule has 12 heteroatoms. The highest BCUT2D eigenvalue weighted by Gasteiger charge is 2.30. The summed E-state index contributed by atoms with van der Waals surface area (Å²) in [4.78, 5) is 55.0. The lowest BCUT2D eigenvalue weighted by atomic mass is 9.96. The number of hydrogen-bond acceptors (Lipinski definition) is 7. The highest BCUT2D eigenvalue weighted by atomic mass is 35.5. The van der Waals surface area contributed by atoms with E-state index in [2.05, 4.69) is 22.0 Å². The van der Waals surface area contributed by atoms with Gasteiger partial charge in [0.25, 0.3) is 11.5 Å². The van der Waals surface area contributed by atoms with Crippen LogP contribution in [0.5, 0.6) is 5.88 Å². The number of methoxy groups -OCH3 is 1. The number of anilines is 1. The van der Waals surface area contributed by atoms with Crippen molar-refractivity contribution in [2.45, 2.75) is 51.6 Å². The van der Waals surface area contributed by atoms with Gasteiger partial charge in [0, 0.05) is 67.2 Å². The van der Waals surface area contributed by atoms with E-state index < -0.39 is 17.2 Å². The first-order valence-electron chi connectivity index (χ1n) is 15.6. The van der Waals surface area contributed by atoms with Crippen LogP contribution in [0.15, 0.2) is 52.1 Å². The molecule has 244 valence electrons. The number of ether oxygens (including phenoxy) is 1. The first-order chi connectivity index (χ1) is 22.5. The number of benzene rings is 2. The van der Waals surface area contributed by atoms with Crippen LogP contribution in [0.1, 0.15) is 58.0 Å². The van der Waals surface area contributed by atoms with Gasteiger partial charge in [0.15, 0.2) is 0 Å². The summed E-state index contributed by atoms with van der Waals surface area (Å²) in [7, 11) is 4.49. The predicted molar refractivity (Wildman–Crippen MR) is 181 cm³/mol. The highest BCUT2D eigenvalue weighted by Crippen LogP contribution is 2.43. The fraction of sp³-hybridized carbons (Fsp3) is 0.343. The zero-order valence-electron chi connectivity index (χ0n) is 27.0. The minimum absolute atomic E-state index is 0.0751. The Morgan fingerprint density at radius 2 is 1.74 bits per heavy atom. The van der Waals surface area contributed by atoms with Crippen molar-refractivity contribution in [1.82, 2.24) is 24.8 Å². The maximum absolute atomic E-state index is 13.4. The Kier molecular flexibility index (Phi) is 8.78. The van der Waals surface area contributed by atoms with E-state index in [4.69, 9.17) is 21.3 Å². The average molecular weight is 657 g/mol. The van der Waals surface area contributed by atoms with Crippen LogP contribution in [0.3, 0.4) is 0 Å². The largest absolute Gasteiger partial charge is 0.481 e. The molecule has 11 nitrogen and oxygen atoms in total. The Bertz CT molecular complexity index is 2050. The van der Waals surface area contributed by atoms with Crippen molar-refractivity contribution >= 4 is 29.1 Å². The number of rotatable bonds is 8. The van der Waals surface area contributed by atoms with Gasteiger partial charge in [-0.15, -0.1) is 0 Å². The van der Waals surface area contributed by atoms with Crippen molar-refractivity contribution in [1.29, 1.82) is 0 Å². The lowest BCUT2D eigenvalue weighted by molar-refractivity contribution is -0.119. The predicted octanol–water partition coefficient (Wildman–Crippen LogP) is 4.20. The Balaban J connectivity index is 1.30. The molecule has 3 N–H and O–H groups in total. The number of nitrogens with zero attached hydrogens (tertiary/aromatic N) is 3. The van der Waals surface area contributed by atoms with Crippen LogP contribution in [0, 0.1) is 13.8 Å². The summed E-state index contributed by atoms with van der Waals surface area (Å²) in [6, 6.07) is 13.5. The van der Waals surface area contributed by atoms with Gasteiger partial charge in [0.05, 0.1) is 17.8 Å². The van der Waals surface area contributed by atoms with E-state index in [0.717, 1.165) is 57.2 Å². The van der Waals surface area contributed by atoms with E-state index in [1.807, 2.05) is 37.3 Å². The molecule has 2 aliphatic rings. The van der Waals surface area contributed by atoms with E-state index in [-0.39, 0.29) is 29.2 Å². The quantitative estimate of drug-likeness (QED) is 0.259. The minimum Gasteiger partial charge on any atom is -0.481 e. The molecule has 0 bridgehead atoms. The van der Waals surface area contributed by atoms with Gasteiger partial charge in [-0.2, -0.15) is 0 Å². The van der Waals surface area contributed by atoms with Crippen LogP contribution in [0.4, 0.5) is 5.69 Å². The lowest BCUT2D eigenvalue weighted by Gasteiger charge is -2.20. The van der Waals surface area contributed by atoms with Crippen LogP contribution >= 0.6 is 11.6 Å². The van der Waals surface area contributed by atoms with Gasteiger partial charge < -0.3 is 25.3 Å². The third kappa shape index (κ3) is 5.85. The second-order valence-electron chi connectivity index (χ2n) is 12.2. The van der Waals surface area contributed by atoms with Crippen molar-refractivity contribution in [3.05, 3.63) is 96.3 Å². The van der Waals surface area contributed by atoms with E-state index in [1.54, 1.807) is 20.1 Å². The second kappa shape index (κ2) is 12.8. The summed E-state index contributed by atoms with van der Waals surface area (Å²) in [6.07, 6.45) is 3.15. The summed E-state index contributed by atoms with van der Waals surface area (Å²) in [5.74, 6) is 0.0425. The topological polar surface area (TPSA) is 136 Å². The monoisotopic (exact) mass is 656 g/mol. The summed E-state index contributed by atoms with van der Waals surface area (Å²) >= 11 is 7.11. The Morgan fingerprint density at radius 1 is 1.02 bits per heavy atom. The summed E-state index contributed by atoms with van der Waals surface area (Å²) < 4.78 is 7.99. The molecular formula is C35H37ClN6O5. The second-order valence-corrected chi connectivity index (χ2v) is 12.5. The standard InChI is InChI=1S/C35H37ClN6O5/c1-18-22(8-7-11-25(18)39-32(44)29-19(2)41(3)35(46)42(4)34(29)45)23-9-6-10-24(31(23)36)27-16-20-12-14-26(30(20)33(40-27)47-5)37-17-21-13-15-28(43)38-21/h6-11,16,21,26,37H,12-15,17H2,1-5H3,(H,38,43)(H,39,44)/t21-,26-/m0/s1. The van der Waals surface area contributed by atoms with Crippen molar-refractivity contribution in [3.63, 3.8) is 0 Å². The number of aryl methyl sites for hydroxylation is 1. The van der Waals surface area contributed by atoms with Gasteiger partial charge in [-0.1, -0.05) is 41.9 Å². The minimum atomic E-state index is -0.658. The number of fused-ring (bicyclic) bond motifs is 1. The molecular weight excluding hydrogens is 620 g/mol. The molecule has 3 heterocycles. The molecule has 1 aliphatic carbocycles. The number of pyridine rings is 1. The van der Waals surface area contributed by atoms with Crippen molar-refractivity contribution in [3.8, 4) is 28.3 Å². The number of carbonyl (C=O) groups excluding carboxylic acids is 2. The van der Waals surface area contributed by atoms with Gasteiger partial charge in [-0.25, -0.2) is 9.78 Å². The van der Waals surface area contributed by atoms with Crippen LogP contribution in [0.2, 0.25) is 5.02 Å². The maximum Gasteiger partial charge on any atom is 0.330 e. The van der Waals surface area contributed by atoms with Crippen molar-refractivity contribution in [2.24, 2.45) is 14.1 Å². The third-order valence-electron chi connectivity index (χ3n) is 9.38. The molecule has 2 amide bonds. The Labute approximate surface area is 276 Å². The maximum atomic E-state index is 13.4. The smallest absolute Gasteiger partial charge is 0.330 e. The number of carbonyl (C=O) groups is 2. The van der Waals surface area contributed by atoms with Crippen molar-refractivity contribution in [2.75, 3.05) is 19.0 Å². The molecule has 2 aromatic heterocycles. The average Bonchev–Trinajstić information content (AvgIpc) is 3.68. The molecule has 2 atom stereocenters.